The fourth-order valence-corrected chi connectivity index (χ4v) is 5.74. The molecular formula is C27H32N4O5. The Kier molecular flexibility index (Phi) is 6.57. The molecule has 0 spiro atoms. The molecule has 0 aromatic heterocycles. The highest BCUT2D eigenvalue weighted by Gasteiger charge is 2.49. The molecule has 2 aromatic rings. The number of fused-ring (bicyclic) bond motifs is 5. The van der Waals surface area contributed by atoms with Crippen molar-refractivity contribution >= 4 is 23.4 Å². The average molecular weight is 493 g/mol. The van der Waals surface area contributed by atoms with Crippen LogP contribution in [-0.2, 0) is 4.79 Å². The van der Waals surface area contributed by atoms with Crippen LogP contribution < -0.4 is 19.7 Å². The predicted molar refractivity (Wildman–Crippen MR) is 134 cm³/mol. The van der Waals surface area contributed by atoms with Crippen LogP contribution in [0.5, 0.6) is 11.5 Å². The van der Waals surface area contributed by atoms with Crippen LogP contribution in [0.4, 0.5) is 5.69 Å². The van der Waals surface area contributed by atoms with E-state index in [0.717, 1.165) is 25.9 Å². The second-order valence-electron chi connectivity index (χ2n) is 9.31. The fourth-order valence-electron chi connectivity index (χ4n) is 5.74. The summed E-state index contributed by atoms with van der Waals surface area (Å²) in [6, 6.07) is 11.0. The van der Waals surface area contributed by atoms with Crippen LogP contribution in [0.15, 0.2) is 36.4 Å². The predicted octanol–water partition coefficient (Wildman–Crippen LogP) is 2.81. The van der Waals surface area contributed by atoms with E-state index in [4.69, 9.17) is 9.47 Å². The summed E-state index contributed by atoms with van der Waals surface area (Å²) in [7, 11) is 3.01. The molecule has 9 nitrogen and oxygen atoms in total. The molecule has 3 aliphatic rings. The Balaban J connectivity index is 1.42. The maximum absolute atomic E-state index is 13.7. The van der Waals surface area contributed by atoms with E-state index in [-0.39, 0.29) is 30.7 Å². The first-order valence-electron chi connectivity index (χ1n) is 12.5. The van der Waals surface area contributed by atoms with Crippen LogP contribution in [-0.4, -0.2) is 74.0 Å². The van der Waals surface area contributed by atoms with Gasteiger partial charge in [-0.2, -0.15) is 0 Å². The molecule has 3 heterocycles. The normalized spacial score (nSPS) is 20.8. The number of para-hydroxylation sites is 1. The fraction of sp³-hybridized carbons (Fsp3) is 0.444. The van der Waals surface area contributed by atoms with Crippen molar-refractivity contribution in [2.75, 3.05) is 45.3 Å². The molecule has 2 aromatic carbocycles. The maximum atomic E-state index is 13.7. The van der Waals surface area contributed by atoms with E-state index < -0.39 is 6.17 Å². The third kappa shape index (κ3) is 3.87. The van der Waals surface area contributed by atoms with Crippen molar-refractivity contribution in [2.24, 2.45) is 0 Å². The minimum atomic E-state index is -0.659. The number of amides is 3. The minimum absolute atomic E-state index is 0.104. The van der Waals surface area contributed by atoms with Gasteiger partial charge in [-0.1, -0.05) is 25.1 Å². The Bertz CT molecular complexity index is 1200. The van der Waals surface area contributed by atoms with Crippen molar-refractivity contribution in [3.8, 4) is 11.5 Å². The largest absolute Gasteiger partial charge is 0.493 e. The number of ether oxygens (including phenoxy) is 2. The first kappa shape index (κ1) is 24.1. The SMILES string of the molecule is CCN1CCC[C@@H]1CNC(=O)CCN1C(=O)c2ccccc2N2C(=O)c3c(ccc(OC)c3OC)[C@@H]12. The summed E-state index contributed by atoms with van der Waals surface area (Å²) in [4.78, 5) is 45.7. The molecule has 0 unspecified atom stereocenters. The van der Waals surface area contributed by atoms with Crippen LogP contribution in [0.2, 0.25) is 0 Å². The molecule has 3 amide bonds. The number of hydrogen-bond donors (Lipinski definition) is 1. The standard InChI is InChI=1S/C27H32N4O5/c1-4-29-14-7-8-17(29)16-28-22(32)13-15-30-25-19-11-12-21(35-2)24(36-3)23(19)27(34)31(25)20-10-6-5-9-18(20)26(30)33/h5-6,9-12,17,25H,4,7-8,13-16H2,1-3H3,(H,28,32)/t17-,25+/m1/s1. The van der Waals surface area contributed by atoms with Gasteiger partial charge in [-0.25, -0.2) is 0 Å². The Morgan fingerprint density at radius 2 is 1.89 bits per heavy atom. The van der Waals surface area contributed by atoms with Crippen LogP contribution in [0.25, 0.3) is 0 Å². The molecule has 3 aliphatic heterocycles. The van der Waals surface area contributed by atoms with Crippen molar-refractivity contribution in [3.05, 3.63) is 53.1 Å². The van der Waals surface area contributed by atoms with Crippen LogP contribution in [0.1, 0.15) is 58.6 Å². The Hall–Kier alpha value is -3.59. The summed E-state index contributed by atoms with van der Waals surface area (Å²) in [5, 5.41) is 3.05. The van der Waals surface area contributed by atoms with Crippen LogP contribution in [0, 0.1) is 0 Å². The Labute approximate surface area is 210 Å². The molecule has 0 aliphatic carbocycles. The highest BCUT2D eigenvalue weighted by Crippen LogP contribution is 2.49. The smallest absolute Gasteiger partial charge is 0.264 e. The Morgan fingerprint density at radius 1 is 1.08 bits per heavy atom. The van der Waals surface area contributed by atoms with Crippen LogP contribution in [0.3, 0.4) is 0 Å². The molecule has 1 saturated heterocycles. The van der Waals surface area contributed by atoms with Gasteiger partial charge in [0.15, 0.2) is 11.5 Å². The van der Waals surface area contributed by atoms with Crippen molar-refractivity contribution in [2.45, 2.75) is 38.4 Å². The van der Waals surface area contributed by atoms with Gasteiger partial charge < -0.3 is 19.7 Å². The number of nitrogens with zero attached hydrogens (tertiary/aromatic N) is 3. The number of hydrogen-bond acceptors (Lipinski definition) is 6. The zero-order chi connectivity index (χ0) is 25.4. The number of likely N-dealkylation sites (tertiary alicyclic amines) is 1. The summed E-state index contributed by atoms with van der Waals surface area (Å²) in [5.41, 5.74) is 2.02. The average Bonchev–Trinajstić information content (AvgIpc) is 3.49. The van der Waals surface area contributed by atoms with Gasteiger partial charge in [0.1, 0.15) is 6.17 Å². The molecule has 5 rings (SSSR count). The van der Waals surface area contributed by atoms with Crippen molar-refractivity contribution in [1.29, 1.82) is 0 Å². The van der Waals surface area contributed by atoms with Gasteiger partial charge in [0.25, 0.3) is 11.8 Å². The molecule has 1 N–H and O–H groups in total. The lowest BCUT2D eigenvalue weighted by atomic mass is 10.0. The highest BCUT2D eigenvalue weighted by molar-refractivity contribution is 6.18. The lowest BCUT2D eigenvalue weighted by Crippen LogP contribution is -2.49. The lowest BCUT2D eigenvalue weighted by molar-refractivity contribution is -0.121. The van der Waals surface area contributed by atoms with E-state index in [0.29, 0.717) is 46.5 Å². The number of anilines is 1. The highest BCUT2D eigenvalue weighted by atomic mass is 16.5. The van der Waals surface area contributed by atoms with Crippen molar-refractivity contribution in [3.63, 3.8) is 0 Å². The third-order valence-electron chi connectivity index (χ3n) is 7.50. The first-order chi connectivity index (χ1) is 17.5. The quantitative estimate of drug-likeness (QED) is 0.610. The van der Waals surface area contributed by atoms with E-state index in [1.807, 2.05) is 6.07 Å². The monoisotopic (exact) mass is 492 g/mol. The number of nitrogens with one attached hydrogen (secondary N) is 1. The number of benzene rings is 2. The number of carbonyl (C=O) groups excluding carboxylic acids is 3. The van der Waals surface area contributed by atoms with E-state index in [9.17, 15) is 14.4 Å². The molecular weight excluding hydrogens is 460 g/mol. The van der Waals surface area contributed by atoms with Gasteiger partial charge in [-0.15, -0.1) is 0 Å². The molecule has 1 fully saturated rings. The zero-order valence-corrected chi connectivity index (χ0v) is 21.0. The molecule has 190 valence electrons. The topological polar surface area (TPSA) is 91.4 Å². The molecule has 0 radical (unpaired) electrons. The Morgan fingerprint density at radius 3 is 2.64 bits per heavy atom. The summed E-state index contributed by atoms with van der Waals surface area (Å²) in [6.07, 6.45) is 1.72. The number of rotatable bonds is 8. The maximum Gasteiger partial charge on any atom is 0.264 e. The van der Waals surface area contributed by atoms with Gasteiger partial charge in [-0.05, 0) is 44.1 Å². The van der Waals surface area contributed by atoms with Gasteiger partial charge in [0.05, 0.1) is 31.0 Å². The van der Waals surface area contributed by atoms with E-state index in [1.54, 1.807) is 40.1 Å². The molecule has 0 saturated carbocycles. The molecule has 2 atom stereocenters. The van der Waals surface area contributed by atoms with E-state index in [1.165, 1.54) is 14.2 Å². The molecule has 36 heavy (non-hydrogen) atoms. The zero-order valence-electron chi connectivity index (χ0n) is 21.0. The number of carbonyl (C=O) groups is 3. The summed E-state index contributed by atoms with van der Waals surface area (Å²) < 4.78 is 11.0. The first-order valence-corrected chi connectivity index (χ1v) is 12.5. The molecule has 0 bridgehead atoms. The number of methoxy groups -OCH3 is 2. The third-order valence-corrected chi connectivity index (χ3v) is 7.50. The summed E-state index contributed by atoms with van der Waals surface area (Å²) >= 11 is 0. The van der Waals surface area contributed by atoms with Gasteiger partial charge >= 0.3 is 0 Å². The van der Waals surface area contributed by atoms with E-state index >= 15 is 0 Å². The van der Waals surface area contributed by atoms with Crippen molar-refractivity contribution < 1.29 is 23.9 Å². The van der Waals surface area contributed by atoms with Gasteiger partial charge in [0.2, 0.25) is 5.91 Å². The minimum Gasteiger partial charge on any atom is -0.493 e. The molecule has 9 heteroatoms. The second-order valence-corrected chi connectivity index (χ2v) is 9.31. The van der Waals surface area contributed by atoms with Gasteiger partial charge in [0, 0.05) is 31.1 Å². The van der Waals surface area contributed by atoms with E-state index in [2.05, 4.69) is 17.1 Å². The second kappa shape index (κ2) is 9.81. The lowest BCUT2D eigenvalue weighted by Gasteiger charge is -2.40. The summed E-state index contributed by atoms with van der Waals surface area (Å²) in [5.74, 6) is 0.217. The van der Waals surface area contributed by atoms with Gasteiger partial charge in [-0.3, -0.25) is 24.2 Å². The van der Waals surface area contributed by atoms with Crippen LogP contribution >= 0.6 is 0 Å². The van der Waals surface area contributed by atoms with Crippen molar-refractivity contribution in [1.82, 2.24) is 15.1 Å². The summed E-state index contributed by atoms with van der Waals surface area (Å²) in [6.45, 7) is 4.97. The number of likely N-dealkylation sites (N-methyl/N-ethyl adjacent to an activating group) is 1.